The summed E-state index contributed by atoms with van der Waals surface area (Å²) in [5, 5.41) is 0. The first kappa shape index (κ1) is 20.7. The normalized spacial score (nSPS) is 10.8. The highest BCUT2D eigenvalue weighted by molar-refractivity contribution is 6.03. The van der Waals surface area contributed by atoms with Crippen LogP contribution in [-0.2, 0) is 16.1 Å². The Morgan fingerprint density at radius 3 is 2.52 bits per heavy atom. The number of H-pyrrole nitrogens is 1. The van der Waals surface area contributed by atoms with Crippen molar-refractivity contribution in [3.63, 3.8) is 0 Å². The van der Waals surface area contributed by atoms with Crippen molar-refractivity contribution in [3.05, 3.63) is 32.5 Å². The zero-order valence-electron chi connectivity index (χ0n) is 15.6. The molecule has 0 aliphatic carbocycles. The predicted octanol–water partition coefficient (Wildman–Crippen LogP) is 1.11. The van der Waals surface area contributed by atoms with Crippen molar-refractivity contribution in [1.82, 2.24) is 9.55 Å². The molecule has 0 aliphatic heterocycles. The highest BCUT2D eigenvalue weighted by Crippen LogP contribution is 2.19. The smallest absolute Gasteiger partial charge is 0.330 e. The molecule has 1 aromatic heterocycles. The molecule has 1 amide bonds. The monoisotopic (exact) mass is 352 g/mol. The quantitative estimate of drug-likeness (QED) is 0.538. The van der Waals surface area contributed by atoms with Gasteiger partial charge in [0, 0.05) is 32.9 Å². The van der Waals surface area contributed by atoms with Crippen LogP contribution in [0.5, 0.6) is 0 Å². The largest absolute Gasteiger partial charge is 0.385 e. The van der Waals surface area contributed by atoms with Gasteiger partial charge in [-0.2, -0.15) is 0 Å². The molecule has 8 heteroatoms. The summed E-state index contributed by atoms with van der Waals surface area (Å²) in [5.41, 5.74) is 5.65. The number of allylic oxidation sites excluding steroid dienone is 1. The van der Waals surface area contributed by atoms with E-state index in [0.717, 1.165) is 5.57 Å². The lowest BCUT2D eigenvalue weighted by atomic mass is 10.2. The number of rotatable bonds is 8. The second-order valence-corrected chi connectivity index (χ2v) is 6.56. The number of anilines is 2. The van der Waals surface area contributed by atoms with Crippen LogP contribution in [-0.4, -0.2) is 35.7 Å². The van der Waals surface area contributed by atoms with Crippen LogP contribution in [0.4, 0.5) is 11.5 Å². The van der Waals surface area contributed by atoms with Crippen LogP contribution in [0.1, 0.15) is 34.1 Å². The van der Waals surface area contributed by atoms with Crippen LogP contribution >= 0.6 is 0 Å². The molecule has 1 rings (SSSR count). The molecule has 0 aromatic carbocycles. The molecule has 0 fully saturated rings. The van der Waals surface area contributed by atoms with Crippen molar-refractivity contribution in [2.45, 2.75) is 40.7 Å². The fraction of sp³-hybridized carbons (Fsp3) is 0.588. The number of hydrogen-bond acceptors (Lipinski definition) is 5. The summed E-state index contributed by atoms with van der Waals surface area (Å²) in [4.78, 5) is 40.6. The maximum Gasteiger partial charge on any atom is 0.330 e. The highest BCUT2D eigenvalue weighted by Gasteiger charge is 2.23. The lowest BCUT2D eigenvalue weighted by Crippen LogP contribution is -2.41. The maximum absolute atomic E-state index is 12.6. The van der Waals surface area contributed by atoms with Gasteiger partial charge in [0.1, 0.15) is 5.82 Å². The molecular formula is C17H28N4O4. The van der Waals surface area contributed by atoms with Gasteiger partial charge >= 0.3 is 5.69 Å². The van der Waals surface area contributed by atoms with Gasteiger partial charge in [-0.25, -0.2) is 4.79 Å². The number of carbonyl (C=O) groups is 1. The van der Waals surface area contributed by atoms with Gasteiger partial charge in [-0.05, 0) is 26.2 Å². The highest BCUT2D eigenvalue weighted by atomic mass is 16.5. The number of nitrogen functional groups attached to an aromatic ring is 1. The van der Waals surface area contributed by atoms with Gasteiger partial charge in [-0.3, -0.25) is 19.1 Å². The molecule has 0 saturated carbocycles. The number of ether oxygens (including phenoxy) is 1. The lowest BCUT2D eigenvalue weighted by Gasteiger charge is -2.24. The first-order chi connectivity index (χ1) is 11.7. The van der Waals surface area contributed by atoms with Crippen molar-refractivity contribution in [2.75, 3.05) is 30.9 Å². The number of carbonyl (C=O) groups excluding carboxylic acids is 1. The lowest BCUT2D eigenvalue weighted by molar-refractivity contribution is -0.114. The number of nitrogens with one attached hydrogen (secondary N) is 1. The van der Waals surface area contributed by atoms with Gasteiger partial charge in [0.2, 0.25) is 0 Å². The minimum atomic E-state index is -0.671. The first-order valence-electron chi connectivity index (χ1n) is 8.27. The first-order valence-corrected chi connectivity index (χ1v) is 8.27. The number of nitrogens with two attached hydrogens (primary N) is 1. The van der Waals surface area contributed by atoms with Crippen LogP contribution in [0.2, 0.25) is 0 Å². The minimum Gasteiger partial charge on any atom is -0.385 e. The number of nitrogens with zero attached hydrogens (tertiary/aromatic N) is 2. The summed E-state index contributed by atoms with van der Waals surface area (Å²) in [6.45, 7) is 8.47. The van der Waals surface area contributed by atoms with Crippen LogP contribution in [0.25, 0.3) is 0 Å². The molecule has 1 heterocycles. The molecule has 25 heavy (non-hydrogen) atoms. The summed E-state index contributed by atoms with van der Waals surface area (Å²) in [7, 11) is 1.56. The Morgan fingerprint density at radius 2 is 2.00 bits per heavy atom. The Bertz CT molecular complexity index is 742. The van der Waals surface area contributed by atoms with Crippen LogP contribution in [0.3, 0.4) is 0 Å². The fourth-order valence-corrected chi connectivity index (χ4v) is 2.41. The van der Waals surface area contributed by atoms with Crippen molar-refractivity contribution in [3.8, 4) is 0 Å². The van der Waals surface area contributed by atoms with E-state index in [9.17, 15) is 14.4 Å². The average molecular weight is 352 g/mol. The molecule has 0 aliphatic rings. The third-order valence-corrected chi connectivity index (χ3v) is 3.44. The van der Waals surface area contributed by atoms with E-state index in [1.165, 1.54) is 15.5 Å². The minimum absolute atomic E-state index is 0.00106. The molecule has 8 nitrogen and oxygen atoms in total. The van der Waals surface area contributed by atoms with Crippen LogP contribution < -0.4 is 21.9 Å². The molecule has 0 atom stereocenters. The van der Waals surface area contributed by atoms with E-state index in [1.807, 2.05) is 13.8 Å². The van der Waals surface area contributed by atoms with E-state index in [1.54, 1.807) is 21.0 Å². The van der Waals surface area contributed by atoms with E-state index in [0.29, 0.717) is 19.6 Å². The Hall–Kier alpha value is -2.35. The summed E-state index contributed by atoms with van der Waals surface area (Å²) < 4.78 is 6.31. The molecule has 0 unspecified atom stereocenters. The van der Waals surface area contributed by atoms with Gasteiger partial charge in [-0.15, -0.1) is 0 Å². The molecule has 140 valence electrons. The van der Waals surface area contributed by atoms with Crippen molar-refractivity contribution in [2.24, 2.45) is 5.92 Å². The Labute approximate surface area is 147 Å². The number of methoxy groups -OCH3 is 1. The summed E-state index contributed by atoms with van der Waals surface area (Å²) in [6, 6.07) is 0. The average Bonchev–Trinajstić information content (AvgIpc) is 2.49. The molecular weight excluding hydrogens is 324 g/mol. The van der Waals surface area contributed by atoms with Crippen LogP contribution in [0.15, 0.2) is 21.2 Å². The summed E-state index contributed by atoms with van der Waals surface area (Å²) in [6.07, 6.45) is 1.96. The summed E-state index contributed by atoms with van der Waals surface area (Å²) in [5.74, 6) is -0.215. The van der Waals surface area contributed by atoms with Crippen molar-refractivity contribution in [1.29, 1.82) is 0 Å². The number of hydrogen-bond donors (Lipinski definition) is 2. The second kappa shape index (κ2) is 9.22. The Morgan fingerprint density at radius 1 is 1.36 bits per heavy atom. The van der Waals surface area contributed by atoms with Gasteiger partial charge in [-0.1, -0.05) is 19.4 Å². The summed E-state index contributed by atoms with van der Waals surface area (Å²) >= 11 is 0. The zero-order chi connectivity index (χ0) is 19.1. The Kier molecular flexibility index (Phi) is 7.63. The zero-order valence-corrected chi connectivity index (χ0v) is 15.6. The van der Waals surface area contributed by atoms with Crippen LogP contribution in [0, 0.1) is 5.92 Å². The van der Waals surface area contributed by atoms with E-state index >= 15 is 0 Å². The predicted molar refractivity (Wildman–Crippen MR) is 98.9 cm³/mol. The van der Waals surface area contributed by atoms with E-state index < -0.39 is 11.2 Å². The van der Waals surface area contributed by atoms with Gasteiger partial charge < -0.3 is 15.4 Å². The van der Waals surface area contributed by atoms with E-state index in [-0.39, 0.29) is 29.9 Å². The third-order valence-electron chi connectivity index (χ3n) is 3.44. The Balaban J connectivity index is 3.46. The van der Waals surface area contributed by atoms with E-state index in [4.69, 9.17) is 10.5 Å². The standard InChI is InChI=1S/C17H28N4O4/c1-11(2)9-13(22)20(7-6-8-25-5)14-15(18)21(10-12(3)4)17(24)19-16(14)23/h9,12H,6-8,10,18H2,1-5H3,(H,19,23,24). The number of aromatic nitrogens is 2. The van der Waals surface area contributed by atoms with Gasteiger partial charge in [0.15, 0.2) is 5.69 Å². The number of aromatic amines is 1. The fourth-order valence-electron chi connectivity index (χ4n) is 2.41. The SMILES string of the molecule is COCCCN(C(=O)C=C(C)C)c1c(N)n(CC(C)C)c(=O)[nH]c1=O. The van der Waals surface area contributed by atoms with Gasteiger partial charge in [0.25, 0.3) is 11.5 Å². The van der Waals surface area contributed by atoms with Gasteiger partial charge in [0.05, 0.1) is 0 Å². The molecule has 1 aromatic rings. The number of amides is 1. The molecule has 0 saturated heterocycles. The van der Waals surface area contributed by atoms with Crippen molar-refractivity contribution < 1.29 is 9.53 Å². The topological polar surface area (TPSA) is 110 Å². The molecule has 0 spiro atoms. The maximum atomic E-state index is 12.6. The molecule has 0 bridgehead atoms. The second-order valence-electron chi connectivity index (χ2n) is 6.56. The molecule has 3 N–H and O–H groups in total. The van der Waals surface area contributed by atoms with E-state index in [2.05, 4.69) is 4.98 Å². The third kappa shape index (κ3) is 5.60. The van der Waals surface area contributed by atoms with Crippen molar-refractivity contribution >= 4 is 17.4 Å². The molecule has 0 radical (unpaired) electrons.